The van der Waals surface area contributed by atoms with Crippen LogP contribution in [-0.4, -0.2) is 41.4 Å². The van der Waals surface area contributed by atoms with Crippen LogP contribution in [0, 0.1) is 19.8 Å². The number of methoxy groups -OCH3 is 2. The molecule has 2 aromatic rings. The van der Waals surface area contributed by atoms with Gasteiger partial charge in [0.05, 0.1) is 49.1 Å². The van der Waals surface area contributed by atoms with E-state index in [2.05, 4.69) is 5.10 Å². The van der Waals surface area contributed by atoms with Gasteiger partial charge in [-0.2, -0.15) is 5.10 Å². The summed E-state index contributed by atoms with van der Waals surface area (Å²) in [4.78, 5) is 15.2. The van der Waals surface area contributed by atoms with Crippen molar-refractivity contribution in [3.63, 3.8) is 0 Å². The maximum absolute atomic E-state index is 13.2. The molecule has 0 unspecified atom stereocenters. The van der Waals surface area contributed by atoms with E-state index in [1.54, 1.807) is 14.2 Å². The van der Waals surface area contributed by atoms with Gasteiger partial charge in [0.1, 0.15) is 11.5 Å². The third kappa shape index (κ3) is 3.83. The predicted octanol–water partition coefficient (Wildman–Crippen LogP) is 4.17. The monoisotopic (exact) mass is 405 g/mol. The summed E-state index contributed by atoms with van der Waals surface area (Å²) >= 11 is 6.25. The fourth-order valence-corrected chi connectivity index (χ4v) is 4.06. The van der Waals surface area contributed by atoms with Gasteiger partial charge in [-0.05, 0) is 38.8 Å². The van der Waals surface area contributed by atoms with Crippen LogP contribution in [0.3, 0.4) is 0 Å². The highest BCUT2D eigenvalue weighted by atomic mass is 35.5. The molecule has 2 atom stereocenters. The number of rotatable bonds is 6. The van der Waals surface area contributed by atoms with E-state index in [1.165, 1.54) is 0 Å². The molecule has 2 heterocycles. The topological polar surface area (TPSA) is 56.6 Å². The average molecular weight is 406 g/mol. The Kier molecular flexibility index (Phi) is 6.18. The largest absolute Gasteiger partial charge is 0.497 e. The summed E-state index contributed by atoms with van der Waals surface area (Å²) in [6.45, 7) is 7.03. The van der Waals surface area contributed by atoms with Crippen LogP contribution < -0.4 is 9.47 Å². The minimum atomic E-state index is -0.195. The third-order valence-electron chi connectivity index (χ3n) is 5.50. The van der Waals surface area contributed by atoms with Crippen LogP contribution >= 0.6 is 11.6 Å². The van der Waals surface area contributed by atoms with Crippen LogP contribution in [0.15, 0.2) is 18.2 Å². The van der Waals surface area contributed by atoms with Gasteiger partial charge in [-0.1, -0.05) is 18.5 Å². The van der Waals surface area contributed by atoms with Crippen molar-refractivity contribution < 1.29 is 14.3 Å². The van der Waals surface area contributed by atoms with Crippen molar-refractivity contribution in [3.05, 3.63) is 40.2 Å². The van der Waals surface area contributed by atoms with Crippen molar-refractivity contribution in [1.29, 1.82) is 0 Å². The van der Waals surface area contributed by atoms with Gasteiger partial charge >= 0.3 is 0 Å². The zero-order chi connectivity index (χ0) is 20.4. The van der Waals surface area contributed by atoms with E-state index in [-0.39, 0.29) is 17.9 Å². The van der Waals surface area contributed by atoms with Crippen molar-refractivity contribution in [2.24, 2.45) is 5.92 Å². The lowest BCUT2D eigenvalue weighted by Gasteiger charge is -2.29. The van der Waals surface area contributed by atoms with Gasteiger partial charge < -0.3 is 14.4 Å². The van der Waals surface area contributed by atoms with Crippen LogP contribution in [0.1, 0.15) is 42.8 Å². The van der Waals surface area contributed by atoms with Crippen molar-refractivity contribution in [2.45, 2.75) is 46.2 Å². The lowest BCUT2D eigenvalue weighted by Crippen LogP contribution is -2.36. The highest BCUT2D eigenvalue weighted by Crippen LogP contribution is 2.39. The lowest BCUT2D eigenvalue weighted by molar-refractivity contribution is -0.136. The average Bonchev–Trinajstić information content (AvgIpc) is 3.28. The van der Waals surface area contributed by atoms with Gasteiger partial charge in [0, 0.05) is 18.2 Å². The molecule has 28 heavy (non-hydrogen) atoms. The minimum absolute atomic E-state index is 0.0137. The first-order valence-corrected chi connectivity index (χ1v) is 9.97. The second kappa shape index (κ2) is 8.43. The summed E-state index contributed by atoms with van der Waals surface area (Å²) < 4.78 is 12.7. The van der Waals surface area contributed by atoms with E-state index in [1.807, 2.05) is 48.6 Å². The molecule has 1 saturated heterocycles. The van der Waals surface area contributed by atoms with Crippen molar-refractivity contribution in [1.82, 2.24) is 14.7 Å². The Hall–Kier alpha value is -2.21. The molecule has 1 aromatic heterocycles. The number of carbonyl (C=O) groups is 1. The van der Waals surface area contributed by atoms with E-state index in [0.29, 0.717) is 11.6 Å². The van der Waals surface area contributed by atoms with Crippen LogP contribution in [0.4, 0.5) is 0 Å². The molecule has 1 amide bonds. The van der Waals surface area contributed by atoms with Crippen molar-refractivity contribution >= 4 is 17.5 Å². The molecule has 6 nitrogen and oxygen atoms in total. The van der Waals surface area contributed by atoms with E-state index >= 15 is 0 Å². The molecule has 1 aliphatic heterocycles. The number of amides is 1. The summed E-state index contributed by atoms with van der Waals surface area (Å²) in [5.74, 6) is 1.43. The van der Waals surface area contributed by atoms with Gasteiger partial charge in [-0.15, -0.1) is 0 Å². The van der Waals surface area contributed by atoms with Crippen LogP contribution in [-0.2, 0) is 11.3 Å². The van der Waals surface area contributed by atoms with Gasteiger partial charge in [-0.25, -0.2) is 0 Å². The Bertz CT molecular complexity index is 865. The molecule has 0 N–H and O–H groups in total. The Morgan fingerprint density at radius 3 is 2.68 bits per heavy atom. The minimum Gasteiger partial charge on any atom is -0.497 e. The Morgan fingerprint density at radius 1 is 1.32 bits per heavy atom. The number of carbonyl (C=O) groups excluding carboxylic acids is 1. The number of nitrogens with zero attached hydrogens (tertiary/aromatic N) is 3. The number of hydrogen-bond donors (Lipinski definition) is 0. The van der Waals surface area contributed by atoms with Crippen molar-refractivity contribution in [2.75, 3.05) is 20.8 Å². The number of benzene rings is 1. The SMILES string of the molecule is COc1ccc([C@@H]2CCCN2C(=O)[C@H](C)Cn2nc(C)c(Cl)c2C)c(OC)c1. The standard InChI is InChI=1S/C21H28ClN3O3/c1-13(12-25-15(3)20(22)14(2)23-25)21(26)24-10-6-7-18(24)17-9-8-16(27-4)11-19(17)28-5/h8-9,11,13,18H,6-7,10,12H2,1-5H3/t13-,18+/m1/s1. The second-order valence-electron chi connectivity index (χ2n) is 7.37. The molecule has 0 aliphatic carbocycles. The van der Waals surface area contributed by atoms with E-state index in [4.69, 9.17) is 21.1 Å². The van der Waals surface area contributed by atoms with Gasteiger partial charge in [0.25, 0.3) is 0 Å². The molecule has 0 spiro atoms. The molecule has 3 rings (SSSR count). The summed E-state index contributed by atoms with van der Waals surface area (Å²) in [5.41, 5.74) is 2.71. The normalized spacial score (nSPS) is 17.6. The summed E-state index contributed by atoms with van der Waals surface area (Å²) in [6, 6.07) is 5.80. The fraction of sp³-hybridized carbons (Fsp3) is 0.524. The number of aryl methyl sites for hydroxylation is 1. The third-order valence-corrected chi connectivity index (χ3v) is 6.04. The van der Waals surface area contributed by atoms with Gasteiger partial charge in [0.2, 0.25) is 5.91 Å². The maximum atomic E-state index is 13.2. The molecule has 1 aliphatic rings. The molecular formula is C21H28ClN3O3. The molecular weight excluding hydrogens is 378 g/mol. The number of ether oxygens (including phenoxy) is 2. The van der Waals surface area contributed by atoms with E-state index < -0.39 is 0 Å². The Balaban J connectivity index is 1.80. The Morgan fingerprint density at radius 2 is 2.07 bits per heavy atom. The number of halogens is 1. The lowest BCUT2D eigenvalue weighted by atomic mass is 10.0. The second-order valence-corrected chi connectivity index (χ2v) is 7.74. The number of hydrogen-bond acceptors (Lipinski definition) is 4. The quantitative estimate of drug-likeness (QED) is 0.723. The molecule has 7 heteroatoms. The predicted molar refractivity (Wildman–Crippen MR) is 109 cm³/mol. The van der Waals surface area contributed by atoms with Crippen LogP contribution in [0.2, 0.25) is 5.02 Å². The number of aromatic nitrogens is 2. The molecule has 0 bridgehead atoms. The maximum Gasteiger partial charge on any atom is 0.227 e. The van der Waals surface area contributed by atoms with E-state index in [9.17, 15) is 4.79 Å². The first-order valence-electron chi connectivity index (χ1n) is 9.59. The smallest absolute Gasteiger partial charge is 0.227 e. The highest BCUT2D eigenvalue weighted by Gasteiger charge is 2.34. The van der Waals surface area contributed by atoms with E-state index in [0.717, 1.165) is 47.8 Å². The Labute approximate surface area is 171 Å². The molecule has 1 aromatic carbocycles. The highest BCUT2D eigenvalue weighted by molar-refractivity contribution is 6.31. The molecule has 1 fully saturated rings. The molecule has 0 saturated carbocycles. The van der Waals surface area contributed by atoms with Gasteiger partial charge in [-0.3, -0.25) is 9.48 Å². The summed E-state index contributed by atoms with van der Waals surface area (Å²) in [7, 11) is 3.28. The molecule has 152 valence electrons. The van der Waals surface area contributed by atoms with Crippen LogP contribution in [0.5, 0.6) is 11.5 Å². The van der Waals surface area contributed by atoms with Crippen LogP contribution in [0.25, 0.3) is 0 Å². The first-order chi connectivity index (χ1) is 13.4. The first kappa shape index (κ1) is 20.5. The zero-order valence-corrected chi connectivity index (χ0v) is 17.9. The summed E-state index contributed by atoms with van der Waals surface area (Å²) in [6.07, 6.45) is 1.90. The summed E-state index contributed by atoms with van der Waals surface area (Å²) in [5, 5.41) is 5.13. The van der Waals surface area contributed by atoms with Gasteiger partial charge in [0.15, 0.2) is 0 Å². The zero-order valence-electron chi connectivity index (χ0n) is 17.2. The van der Waals surface area contributed by atoms with Crippen molar-refractivity contribution in [3.8, 4) is 11.5 Å². The molecule has 0 radical (unpaired) electrons. The number of likely N-dealkylation sites (tertiary alicyclic amines) is 1. The fourth-order valence-electron chi connectivity index (χ4n) is 3.92.